The minimum atomic E-state index is 0.813. The highest BCUT2D eigenvalue weighted by Gasteiger charge is 2.03. The van der Waals surface area contributed by atoms with Gasteiger partial charge in [0.1, 0.15) is 0 Å². The van der Waals surface area contributed by atoms with Crippen molar-refractivity contribution in [1.82, 2.24) is 19.9 Å². The first-order valence-electron chi connectivity index (χ1n) is 15.0. The van der Waals surface area contributed by atoms with E-state index in [2.05, 4.69) is 96.2 Å². The van der Waals surface area contributed by atoms with Gasteiger partial charge in [0.25, 0.3) is 0 Å². The predicted molar refractivity (Wildman–Crippen MR) is 165 cm³/mol. The fourth-order valence-corrected chi connectivity index (χ4v) is 4.42. The minimum Gasteiger partial charge on any atom is -0.236 e. The van der Waals surface area contributed by atoms with E-state index in [1.165, 1.54) is 67.2 Å². The molecule has 0 bridgehead atoms. The van der Waals surface area contributed by atoms with Gasteiger partial charge in [-0.15, -0.1) is 0 Å². The van der Waals surface area contributed by atoms with Crippen LogP contribution in [0.15, 0.2) is 73.3 Å². The van der Waals surface area contributed by atoms with E-state index in [-0.39, 0.29) is 0 Å². The summed E-state index contributed by atoms with van der Waals surface area (Å²) in [5, 5.41) is 0. The second-order valence-electron chi connectivity index (χ2n) is 10.2. The van der Waals surface area contributed by atoms with Crippen molar-refractivity contribution in [2.24, 2.45) is 0 Å². The Morgan fingerprint density at radius 1 is 0.410 bits per heavy atom. The third-order valence-electron chi connectivity index (χ3n) is 6.92. The lowest BCUT2D eigenvalue weighted by atomic mass is 10.0. The molecular formula is C35H46N4. The molecule has 0 aliphatic rings. The number of nitrogens with zero attached hydrogens (tertiary/aromatic N) is 4. The Kier molecular flexibility index (Phi) is 13.3. The number of aromatic nitrogens is 4. The van der Waals surface area contributed by atoms with Crippen molar-refractivity contribution in [2.45, 2.75) is 98.3 Å². The molecule has 0 saturated carbocycles. The molecule has 4 aromatic rings. The molecule has 0 amide bonds. The normalized spacial score (nSPS) is 10.7. The molecule has 0 unspecified atom stereocenters. The lowest BCUT2D eigenvalue weighted by Crippen LogP contribution is -1.93. The van der Waals surface area contributed by atoms with Crippen LogP contribution in [-0.4, -0.2) is 19.9 Å². The molecule has 0 N–H and O–H groups in total. The summed E-state index contributed by atoms with van der Waals surface area (Å²) in [5.74, 6) is 1.65. The van der Waals surface area contributed by atoms with Crippen LogP contribution >= 0.6 is 0 Å². The molecule has 0 spiro atoms. The molecule has 0 atom stereocenters. The number of aryl methyl sites for hydroxylation is 4. The molecule has 0 aliphatic carbocycles. The van der Waals surface area contributed by atoms with Crippen LogP contribution in [0.2, 0.25) is 0 Å². The molecule has 4 heteroatoms. The molecule has 39 heavy (non-hydrogen) atoms. The van der Waals surface area contributed by atoms with Gasteiger partial charge in [0.2, 0.25) is 0 Å². The highest BCUT2D eigenvalue weighted by atomic mass is 14.9. The smallest absolute Gasteiger partial charge is 0.159 e. The molecule has 2 aromatic heterocycles. The van der Waals surface area contributed by atoms with Crippen molar-refractivity contribution in [3.05, 3.63) is 95.6 Å². The molecule has 0 fully saturated rings. The van der Waals surface area contributed by atoms with Gasteiger partial charge < -0.3 is 0 Å². The van der Waals surface area contributed by atoms with Crippen molar-refractivity contribution in [3.63, 3.8) is 0 Å². The van der Waals surface area contributed by atoms with Gasteiger partial charge in [-0.25, -0.2) is 19.9 Å². The summed E-state index contributed by atoms with van der Waals surface area (Å²) in [6, 6.07) is 17.2. The van der Waals surface area contributed by atoms with E-state index in [4.69, 9.17) is 0 Å². The summed E-state index contributed by atoms with van der Waals surface area (Å²) in [6.45, 7) is 8.79. The van der Waals surface area contributed by atoms with E-state index in [9.17, 15) is 0 Å². The molecular weight excluding hydrogens is 476 g/mol. The van der Waals surface area contributed by atoms with E-state index in [0.717, 1.165) is 48.5 Å². The zero-order valence-corrected chi connectivity index (χ0v) is 24.5. The van der Waals surface area contributed by atoms with E-state index in [1.54, 1.807) is 0 Å². The molecule has 0 saturated heterocycles. The predicted octanol–water partition coefficient (Wildman–Crippen LogP) is 9.27. The van der Waals surface area contributed by atoms with Gasteiger partial charge in [0, 0.05) is 35.9 Å². The molecule has 2 heterocycles. The Bertz CT molecular complexity index is 1130. The number of unbranched alkanes of at least 4 members (excludes halogenated alkanes) is 4. The van der Waals surface area contributed by atoms with Crippen LogP contribution in [0.25, 0.3) is 22.8 Å². The average Bonchev–Trinajstić information content (AvgIpc) is 2.99. The van der Waals surface area contributed by atoms with Gasteiger partial charge in [-0.05, 0) is 60.8 Å². The highest BCUT2D eigenvalue weighted by molar-refractivity contribution is 5.55. The van der Waals surface area contributed by atoms with Crippen molar-refractivity contribution in [2.75, 3.05) is 0 Å². The second-order valence-corrected chi connectivity index (χ2v) is 10.2. The molecule has 206 valence electrons. The monoisotopic (exact) mass is 522 g/mol. The Labute approximate surface area is 236 Å². The zero-order valence-electron chi connectivity index (χ0n) is 24.5. The summed E-state index contributed by atoms with van der Waals surface area (Å²) < 4.78 is 0. The number of rotatable bonds is 13. The van der Waals surface area contributed by atoms with Gasteiger partial charge >= 0.3 is 0 Å². The zero-order chi connectivity index (χ0) is 27.7. The average molecular weight is 523 g/mol. The minimum absolute atomic E-state index is 0.813. The largest absolute Gasteiger partial charge is 0.236 e. The first kappa shape index (κ1) is 30.1. The fourth-order valence-electron chi connectivity index (χ4n) is 4.42. The maximum atomic E-state index is 4.52. The van der Waals surface area contributed by atoms with Crippen LogP contribution in [-0.2, 0) is 25.7 Å². The third-order valence-corrected chi connectivity index (χ3v) is 6.92. The highest BCUT2D eigenvalue weighted by Crippen LogP contribution is 2.18. The number of hydrogen-bond donors (Lipinski definition) is 0. The topological polar surface area (TPSA) is 51.6 Å². The Morgan fingerprint density at radius 2 is 0.821 bits per heavy atom. The lowest BCUT2D eigenvalue weighted by Gasteiger charge is -2.05. The van der Waals surface area contributed by atoms with Crippen molar-refractivity contribution >= 4 is 0 Å². The molecule has 0 radical (unpaired) electrons. The van der Waals surface area contributed by atoms with Crippen molar-refractivity contribution in [3.8, 4) is 22.8 Å². The maximum Gasteiger partial charge on any atom is 0.159 e. The van der Waals surface area contributed by atoms with E-state index < -0.39 is 0 Å². The SMILES string of the molecule is CCCCCc1ccc(-c2ncc(CCCCC)cn2)cc1.CCCc1cnc(-c2ccc(CC)cc2)nc1. The van der Waals surface area contributed by atoms with Gasteiger partial charge in [0.05, 0.1) is 0 Å². The summed E-state index contributed by atoms with van der Waals surface area (Å²) in [4.78, 5) is 17.9. The van der Waals surface area contributed by atoms with Gasteiger partial charge in [-0.2, -0.15) is 0 Å². The lowest BCUT2D eigenvalue weighted by molar-refractivity contribution is 0.714. The number of benzene rings is 2. The summed E-state index contributed by atoms with van der Waals surface area (Å²) in [5.41, 5.74) is 7.41. The Balaban J connectivity index is 0.000000223. The van der Waals surface area contributed by atoms with Crippen LogP contribution < -0.4 is 0 Å². The summed E-state index contributed by atoms with van der Waals surface area (Å²) in [6.07, 6.45) is 20.9. The second kappa shape index (κ2) is 17.2. The van der Waals surface area contributed by atoms with E-state index in [0.29, 0.717) is 0 Å². The third kappa shape index (κ3) is 10.4. The maximum absolute atomic E-state index is 4.52. The van der Waals surface area contributed by atoms with Gasteiger partial charge in [0.15, 0.2) is 11.6 Å². The van der Waals surface area contributed by atoms with Crippen LogP contribution in [0.3, 0.4) is 0 Å². The van der Waals surface area contributed by atoms with Crippen LogP contribution in [0, 0.1) is 0 Å². The van der Waals surface area contributed by atoms with Crippen LogP contribution in [0.1, 0.15) is 94.9 Å². The quantitative estimate of drug-likeness (QED) is 0.164. The van der Waals surface area contributed by atoms with Crippen molar-refractivity contribution in [1.29, 1.82) is 0 Å². The number of hydrogen-bond acceptors (Lipinski definition) is 4. The van der Waals surface area contributed by atoms with Crippen LogP contribution in [0.5, 0.6) is 0 Å². The molecule has 4 nitrogen and oxygen atoms in total. The van der Waals surface area contributed by atoms with Gasteiger partial charge in [-0.1, -0.05) is 108 Å². The first-order valence-corrected chi connectivity index (χ1v) is 15.0. The first-order chi connectivity index (χ1) is 19.2. The van der Waals surface area contributed by atoms with E-state index >= 15 is 0 Å². The van der Waals surface area contributed by atoms with Gasteiger partial charge in [-0.3, -0.25) is 0 Å². The molecule has 4 rings (SSSR count). The fraction of sp³-hybridized carbons (Fsp3) is 0.429. The standard InChI is InChI=1S/C20H28N2.C15H18N2/c1-3-5-7-9-17-11-13-19(14-12-17)20-21-15-18(16-22-20)10-8-6-4-2;1-3-5-13-10-16-15(17-11-13)14-8-6-12(4-2)7-9-14/h11-16H,3-10H2,1-2H3;6-11H,3-5H2,1-2H3. The molecule has 0 aliphatic heterocycles. The summed E-state index contributed by atoms with van der Waals surface area (Å²) >= 11 is 0. The Morgan fingerprint density at radius 3 is 1.23 bits per heavy atom. The van der Waals surface area contributed by atoms with E-state index in [1.807, 2.05) is 24.8 Å². The Hall–Kier alpha value is -3.40. The summed E-state index contributed by atoms with van der Waals surface area (Å²) in [7, 11) is 0. The van der Waals surface area contributed by atoms with Crippen LogP contribution in [0.4, 0.5) is 0 Å². The molecule has 2 aromatic carbocycles. The van der Waals surface area contributed by atoms with Crippen molar-refractivity contribution < 1.29 is 0 Å².